The maximum Gasteiger partial charge on any atom is 0.401 e. The van der Waals surface area contributed by atoms with Gasteiger partial charge in [-0.1, -0.05) is 11.6 Å². The quantitative estimate of drug-likeness (QED) is 0.909. The number of pyridine rings is 1. The number of alkyl halides is 3. The van der Waals surface area contributed by atoms with E-state index in [0.29, 0.717) is 29.6 Å². The molecule has 0 aliphatic carbocycles. The highest BCUT2D eigenvalue weighted by molar-refractivity contribution is 6.32. The molecule has 2 saturated heterocycles. The summed E-state index contributed by atoms with van der Waals surface area (Å²) in [6.45, 7) is -0.0372. The average Bonchev–Trinajstić information content (AvgIpc) is 2.63. The Morgan fingerprint density at radius 1 is 1.29 bits per heavy atom. The molecule has 0 radical (unpaired) electrons. The minimum Gasteiger partial charge on any atom is -0.397 e. The summed E-state index contributed by atoms with van der Waals surface area (Å²) >= 11 is 5.86. The van der Waals surface area contributed by atoms with Gasteiger partial charge < -0.3 is 10.6 Å². The van der Waals surface area contributed by atoms with E-state index in [1.54, 1.807) is 6.07 Å². The molecule has 2 fully saturated rings. The largest absolute Gasteiger partial charge is 0.401 e. The Morgan fingerprint density at radius 2 is 1.90 bits per heavy atom. The average molecular weight is 321 g/mol. The second-order valence-electron chi connectivity index (χ2n) is 5.67. The maximum atomic E-state index is 12.5. The highest BCUT2D eigenvalue weighted by Gasteiger charge is 2.43. The molecule has 2 aliphatic rings. The lowest BCUT2D eigenvalue weighted by Gasteiger charge is -2.42. The first-order chi connectivity index (χ1) is 9.83. The lowest BCUT2D eigenvalue weighted by atomic mass is 10.2. The summed E-state index contributed by atoms with van der Waals surface area (Å²) in [4.78, 5) is 7.86. The number of rotatable bonds is 2. The number of nitrogens with zero attached hydrogens (tertiary/aromatic N) is 3. The summed E-state index contributed by atoms with van der Waals surface area (Å²) < 4.78 is 37.6. The predicted molar refractivity (Wildman–Crippen MR) is 75.4 cm³/mol. The molecule has 0 saturated carbocycles. The van der Waals surface area contributed by atoms with Crippen molar-refractivity contribution in [1.82, 2.24) is 9.88 Å². The van der Waals surface area contributed by atoms with Crippen molar-refractivity contribution < 1.29 is 13.2 Å². The number of fused-ring (bicyclic) bond motifs is 2. The van der Waals surface area contributed by atoms with Crippen LogP contribution in [0.2, 0.25) is 5.02 Å². The van der Waals surface area contributed by atoms with Crippen molar-refractivity contribution in [3.05, 3.63) is 17.3 Å². The van der Waals surface area contributed by atoms with E-state index in [2.05, 4.69) is 9.88 Å². The molecule has 0 amide bonds. The Morgan fingerprint density at radius 3 is 2.43 bits per heavy atom. The molecule has 0 aromatic carbocycles. The van der Waals surface area contributed by atoms with Crippen molar-refractivity contribution in [3.63, 3.8) is 0 Å². The molecule has 2 aliphatic heterocycles. The molecule has 116 valence electrons. The van der Waals surface area contributed by atoms with E-state index in [1.807, 2.05) is 0 Å². The van der Waals surface area contributed by atoms with Crippen LogP contribution in [-0.2, 0) is 0 Å². The molecule has 21 heavy (non-hydrogen) atoms. The van der Waals surface area contributed by atoms with E-state index >= 15 is 0 Å². The van der Waals surface area contributed by atoms with Crippen molar-refractivity contribution in [1.29, 1.82) is 0 Å². The minimum absolute atomic E-state index is 0.0548. The molecule has 3 heterocycles. The van der Waals surface area contributed by atoms with Crippen molar-refractivity contribution in [2.24, 2.45) is 0 Å². The number of anilines is 2. The van der Waals surface area contributed by atoms with Gasteiger partial charge in [0, 0.05) is 37.4 Å². The van der Waals surface area contributed by atoms with Crippen LogP contribution < -0.4 is 10.6 Å². The molecule has 2 atom stereocenters. The smallest absolute Gasteiger partial charge is 0.397 e. The Kier molecular flexibility index (Phi) is 3.65. The van der Waals surface area contributed by atoms with Gasteiger partial charge in [-0.3, -0.25) is 4.90 Å². The number of likely N-dealkylation sites (tertiary alicyclic amines) is 1. The van der Waals surface area contributed by atoms with Crippen LogP contribution in [-0.4, -0.2) is 47.8 Å². The summed E-state index contributed by atoms with van der Waals surface area (Å²) in [5, 5.41) is 0.391. The second kappa shape index (κ2) is 5.21. The number of hydrogen-bond donors (Lipinski definition) is 1. The molecule has 3 rings (SSSR count). The molecular formula is C13H16ClF3N4. The van der Waals surface area contributed by atoms with Crippen LogP contribution in [0.25, 0.3) is 0 Å². The molecule has 4 nitrogen and oxygen atoms in total. The lowest BCUT2D eigenvalue weighted by Crippen LogP contribution is -2.55. The Bertz CT molecular complexity index is 523. The summed E-state index contributed by atoms with van der Waals surface area (Å²) in [6.07, 6.45) is -0.898. The van der Waals surface area contributed by atoms with Gasteiger partial charge in [0.2, 0.25) is 0 Å². The topological polar surface area (TPSA) is 45.4 Å². The first-order valence-electron chi connectivity index (χ1n) is 6.82. The van der Waals surface area contributed by atoms with Gasteiger partial charge in [-0.2, -0.15) is 13.2 Å². The molecule has 0 spiro atoms. The highest BCUT2D eigenvalue weighted by Crippen LogP contribution is 2.36. The van der Waals surface area contributed by atoms with Gasteiger partial charge in [-0.25, -0.2) is 4.98 Å². The molecule has 2 bridgehead atoms. The van der Waals surface area contributed by atoms with Crippen LogP contribution >= 0.6 is 11.6 Å². The first-order valence-corrected chi connectivity index (χ1v) is 7.20. The van der Waals surface area contributed by atoms with E-state index in [0.717, 1.165) is 12.8 Å². The zero-order valence-corrected chi connectivity index (χ0v) is 12.0. The van der Waals surface area contributed by atoms with Crippen molar-refractivity contribution in [2.45, 2.75) is 31.1 Å². The molecular weight excluding hydrogens is 305 g/mol. The third-order valence-corrected chi connectivity index (χ3v) is 4.41. The van der Waals surface area contributed by atoms with Crippen molar-refractivity contribution in [3.8, 4) is 0 Å². The summed E-state index contributed by atoms with van der Waals surface area (Å²) in [5.74, 6) is 0.705. The molecule has 8 heteroatoms. The monoisotopic (exact) mass is 320 g/mol. The van der Waals surface area contributed by atoms with Crippen LogP contribution in [0.3, 0.4) is 0 Å². The van der Waals surface area contributed by atoms with Crippen LogP contribution in [0.1, 0.15) is 12.8 Å². The van der Waals surface area contributed by atoms with Gasteiger partial charge in [-0.15, -0.1) is 0 Å². The highest BCUT2D eigenvalue weighted by atomic mass is 35.5. The number of piperazine rings is 1. The van der Waals surface area contributed by atoms with E-state index in [4.69, 9.17) is 17.3 Å². The van der Waals surface area contributed by atoms with Crippen LogP contribution in [0, 0.1) is 0 Å². The maximum absolute atomic E-state index is 12.5. The SMILES string of the molecule is Nc1cc(N2[C@@H]3CC[C@H]2CN(CC(F)(F)F)C3)ncc1Cl. The van der Waals surface area contributed by atoms with Crippen LogP contribution in [0.5, 0.6) is 0 Å². The van der Waals surface area contributed by atoms with Crippen LogP contribution in [0.15, 0.2) is 12.3 Å². The standard InChI is InChI=1S/C13H16ClF3N4/c14-10-4-19-12(3-11(10)18)21-8-1-2-9(21)6-20(5-8)7-13(15,16)17/h3-4,8-9H,1-2,5-7H2,(H2,18,19)/t8-,9+. The zero-order chi connectivity index (χ0) is 15.2. The number of hydrogen-bond acceptors (Lipinski definition) is 4. The molecule has 0 unspecified atom stereocenters. The van der Waals surface area contributed by atoms with Gasteiger partial charge in [0.15, 0.2) is 0 Å². The van der Waals surface area contributed by atoms with Gasteiger partial charge in [0.05, 0.1) is 17.3 Å². The van der Waals surface area contributed by atoms with Crippen LogP contribution in [0.4, 0.5) is 24.7 Å². The van der Waals surface area contributed by atoms with E-state index in [9.17, 15) is 13.2 Å². The fourth-order valence-electron chi connectivity index (χ4n) is 3.33. The molecule has 1 aromatic heterocycles. The van der Waals surface area contributed by atoms with Gasteiger partial charge in [0.25, 0.3) is 0 Å². The third-order valence-electron chi connectivity index (χ3n) is 4.10. The zero-order valence-electron chi connectivity index (χ0n) is 11.3. The summed E-state index contributed by atoms with van der Waals surface area (Å²) in [7, 11) is 0. The number of nitrogen functional groups attached to an aromatic ring is 1. The predicted octanol–water partition coefficient (Wildman–Crippen LogP) is 2.53. The van der Waals surface area contributed by atoms with E-state index in [-0.39, 0.29) is 12.1 Å². The van der Waals surface area contributed by atoms with E-state index in [1.165, 1.54) is 11.1 Å². The Hall–Kier alpha value is -1.21. The van der Waals surface area contributed by atoms with Gasteiger partial charge >= 0.3 is 6.18 Å². The fourth-order valence-corrected chi connectivity index (χ4v) is 3.43. The molecule has 1 aromatic rings. The number of halogens is 4. The fraction of sp³-hybridized carbons (Fsp3) is 0.615. The Labute approximate surface area is 125 Å². The van der Waals surface area contributed by atoms with Crippen molar-refractivity contribution in [2.75, 3.05) is 30.3 Å². The second-order valence-corrected chi connectivity index (χ2v) is 6.07. The lowest BCUT2D eigenvalue weighted by molar-refractivity contribution is -0.147. The normalized spacial score (nSPS) is 26.4. The van der Waals surface area contributed by atoms with E-state index < -0.39 is 12.7 Å². The van der Waals surface area contributed by atoms with Gasteiger partial charge in [0.1, 0.15) is 5.82 Å². The first kappa shape index (κ1) is 14.7. The molecule has 2 N–H and O–H groups in total. The third kappa shape index (κ3) is 3.03. The summed E-state index contributed by atoms with van der Waals surface area (Å²) in [6, 6.07) is 1.81. The summed E-state index contributed by atoms with van der Waals surface area (Å²) in [5.41, 5.74) is 6.23. The number of aromatic nitrogens is 1. The van der Waals surface area contributed by atoms with Crippen molar-refractivity contribution >= 4 is 23.1 Å². The van der Waals surface area contributed by atoms with Gasteiger partial charge in [-0.05, 0) is 12.8 Å². The Balaban J connectivity index is 1.77. The minimum atomic E-state index is -4.15. The number of nitrogens with two attached hydrogens (primary N) is 1.